The van der Waals surface area contributed by atoms with Gasteiger partial charge in [-0.15, -0.1) is 0 Å². The second kappa shape index (κ2) is 7.88. The van der Waals surface area contributed by atoms with Crippen LogP contribution in [0.2, 0.25) is 0 Å². The average Bonchev–Trinajstić information content (AvgIpc) is 2.75. The summed E-state index contributed by atoms with van der Waals surface area (Å²) in [5, 5.41) is 69.3. The summed E-state index contributed by atoms with van der Waals surface area (Å²) in [6.07, 6.45) is -7.08. The molecular formula is C21H20O11. The molecule has 2 aromatic carbocycles. The van der Waals surface area contributed by atoms with Crippen molar-refractivity contribution in [1.82, 2.24) is 0 Å². The van der Waals surface area contributed by atoms with E-state index in [1.807, 2.05) is 0 Å². The fourth-order valence-electron chi connectivity index (χ4n) is 3.41. The maximum absolute atomic E-state index is 12.6. The molecule has 11 heteroatoms. The number of phenols is 4. The van der Waals surface area contributed by atoms with Gasteiger partial charge in [-0.1, -0.05) is 0 Å². The van der Waals surface area contributed by atoms with Crippen molar-refractivity contribution in [2.24, 2.45) is 0 Å². The average molecular weight is 448 g/mol. The Bertz CT molecular complexity index is 1230. The summed E-state index contributed by atoms with van der Waals surface area (Å²) in [7, 11) is 0. The number of benzene rings is 2. The summed E-state index contributed by atoms with van der Waals surface area (Å²) in [6, 6.07) is 5.85. The number of fused-ring (bicyclic) bond motifs is 1. The van der Waals surface area contributed by atoms with Gasteiger partial charge in [0.15, 0.2) is 28.4 Å². The first kappa shape index (κ1) is 21.7. The van der Waals surface area contributed by atoms with Crippen LogP contribution in [0.1, 0.15) is 6.92 Å². The van der Waals surface area contributed by atoms with Gasteiger partial charge in [0.05, 0.1) is 6.10 Å². The molecule has 0 radical (unpaired) electrons. The molecule has 5 atom stereocenters. The molecule has 7 N–H and O–H groups in total. The van der Waals surface area contributed by atoms with Crippen LogP contribution in [-0.2, 0) is 4.74 Å². The van der Waals surface area contributed by atoms with Crippen molar-refractivity contribution in [2.75, 3.05) is 0 Å². The first-order valence-corrected chi connectivity index (χ1v) is 9.50. The topological polar surface area (TPSA) is 190 Å². The van der Waals surface area contributed by atoms with Crippen molar-refractivity contribution in [3.63, 3.8) is 0 Å². The fraction of sp³-hybridized carbons (Fsp3) is 0.286. The third kappa shape index (κ3) is 3.56. The molecular weight excluding hydrogens is 428 g/mol. The van der Waals surface area contributed by atoms with E-state index in [9.17, 15) is 40.5 Å². The predicted molar refractivity (Wildman–Crippen MR) is 108 cm³/mol. The molecule has 1 aliphatic rings. The van der Waals surface area contributed by atoms with Gasteiger partial charge in [0.1, 0.15) is 35.0 Å². The largest absolute Gasteiger partial charge is 0.504 e. The van der Waals surface area contributed by atoms with Gasteiger partial charge in [-0.05, 0) is 25.1 Å². The van der Waals surface area contributed by atoms with Gasteiger partial charge < -0.3 is 49.6 Å². The van der Waals surface area contributed by atoms with E-state index in [4.69, 9.17) is 13.9 Å². The zero-order chi connectivity index (χ0) is 23.3. The molecule has 2 heterocycles. The highest BCUT2D eigenvalue weighted by Gasteiger charge is 2.43. The SMILES string of the molecule is C[C@H]1OC(Oc2cc3oc(-c4ccc(O)c(O)c4)cc(=O)c3c(O)c2O)[C@H](O)[C@@H](O)[C@@H]1O. The molecule has 4 rings (SSSR count). The minimum Gasteiger partial charge on any atom is -0.504 e. The zero-order valence-corrected chi connectivity index (χ0v) is 16.5. The number of hydrogen-bond acceptors (Lipinski definition) is 11. The summed E-state index contributed by atoms with van der Waals surface area (Å²) in [5.74, 6) is -2.93. The van der Waals surface area contributed by atoms with Crippen molar-refractivity contribution in [2.45, 2.75) is 37.6 Å². The van der Waals surface area contributed by atoms with Crippen molar-refractivity contribution in [3.05, 3.63) is 40.6 Å². The third-order valence-electron chi connectivity index (χ3n) is 5.24. The van der Waals surface area contributed by atoms with E-state index in [1.54, 1.807) is 0 Å². The lowest BCUT2D eigenvalue weighted by Crippen LogP contribution is -2.58. The van der Waals surface area contributed by atoms with Crippen LogP contribution in [0.15, 0.2) is 39.5 Å². The number of aliphatic hydroxyl groups excluding tert-OH is 3. The van der Waals surface area contributed by atoms with Crippen LogP contribution in [0.4, 0.5) is 0 Å². The molecule has 32 heavy (non-hydrogen) atoms. The molecule has 11 nitrogen and oxygen atoms in total. The van der Waals surface area contributed by atoms with Crippen molar-refractivity contribution in [3.8, 4) is 40.1 Å². The van der Waals surface area contributed by atoms with E-state index >= 15 is 0 Å². The van der Waals surface area contributed by atoms with Crippen LogP contribution < -0.4 is 10.2 Å². The number of ether oxygens (including phenoxy) is 2. The van der Waals surface area contributed by atoms with E-state index in [0.29, 0.717) is 0 Å². The van der Waals surface area contributed by atoms with Gasteiger partial charge in [0.25, 0.3) is 0 Å². The van der Waals surface area contributed by atoms with E-state index in [1.165, 1.54) is 19.1 Å². The van der Waals surface area contributed by atoms with Crippen LogP contribution in [-0.4, -0.2) is 66.5 Å². The van der Waals surface area contributed by atoms with E-state index < -0.39 is 59.1 Å². The molecule has 0 amide bonds. The van der Waals surface area contributed by atoms with E-state index in [2.05, 4.69) is 0 Å². The molecule has 1 unspecified atom stereocenters. The number of aromatic hydroxyl groups is 4. The second-order valence-corrected chi connectivity index (χ2v) is 7.42. The Morgan fingerprint density at radius 2 is 1.59 bits per heavy atom. The van der Waals surface area contributed by atoms with Gasteiger partial charge in [-0.2, -0.15) is 0 Å². The van der Waals surface area contributed by atoms with Gasteiger partial charge in [-0.3, -0.25) is 4.79 Å². The molecule has 1 aromatic heterocycles. The number of rotatable bonds is 3. The number of hydrogen-bond donors (Lipinski definition) is 7. The lowest BCUT2D eigenvalue weighted by atomic mass is 10.00. The summed E-state index contributed by atoms with van der Waals surface area (Å²) < 4.78 is 16.4. The Hall–Kier alpha value is -3.51. The smallest absolute Gasteiger partial charge is 0.229 e. The minimum atomic E-state index is -1.68. The standard InChI is InChI=1S/C21H20O11/c1-7-16(25)19(28)20(29)21(30-7)32-14-6-13-15(18(27)17(14)26)11(24)5-12(31-13)8-2-3-9(22)10(23)4-8/h2-7,16,19-23,25-29H,1H3/t7-,16-,19+,20-,21?/m1/s1. The number of aliphatic hydroxyl groups is 3. The second-order valence-electron chi connectivity index (χ2n) is 7.42. The third-order valence-corrected chi connectivity index (χ3v) is 5.24. The van der Waals surface area contributed by atoms with Crippen molar-refractivity contribution in [1.29, 1.82) is 0 Å². The lowest BCUT2D eigenvalue weighted by Gasteiger charge is -2.38. The normalized spacial score (nSPS) is 25.7. The fourth-order valence-corrected chi connectivity index (χ4v) is 3.41. The molecule has 0 aliphatic carbocycles. The molecule has 0 bridgehead atoms. The highest BCUT2D eigenvalue weighted by atomic mass is 16.7. The lowest BCUT2D eigenvalue weighted by molar-refractivity contribution is -0.268. The van der Waals surface area contributed by atoms with Crippen molar-refractivity contribution < 1.29 is 49.6 Å². The van der Waals surface area contributed by atoms with E-state index in [-0.39, 0.29) is 28.0 Å². The van der Waals surface area contributed by atoms with Crippen LogP contribution >= 0.6 is 0 Å². The van der Waals surface area contributed by atoms with Gasteiger partial charge in [-0.25, -0.2) is 0 Å². The molecule has 1 fully saturated rings. The summed E-state index contributed by atoms with van der Waals surface area (Å²) in [4.78, 5) is 12.6. The first-order valence-electron chi connectivity index (χ1n) is 9.50. The predicted octanol–water partition coefficient (Wildman–Crippen LogP) is 0.489. The Balaban J connectivity index is 1.78. The summed E-state index contributed by atoms with van der Waals surface area (Å²) in [5.41, 5.74) is -0.676. The molecule has 0 spiro atoms. The van der Waals surface area contributed by atoms with E-state index in [0.717, 1.165) is 18.2 Å². The molecule has 1 aliphatic heterocycles. The Kier molecular flexibility index (Phi) is 5.34. The zero-order valence-electron chi connectivity index (χ0n) is 16.5. The highest BCUT2D eigenvalue weighted by Crippen LogP contribution is 2.43. The number of phenolic OH excluding ortho intramolecular Hbond substituents is 4. The van der Waals surface area contributed by atoms with Crippen molar-refractivity contribution >= 4 is 11.0 Å². The minimum absolute atomic E-state index is 0.0186. The molecule has 170 valence electrons. The molecule has 0 saturated carbocycles. The maximum Gasteiger partial charge on any atom is 0.229 e. The quantitative estimate of drug-likeness (QED) is 0.276. The molecule has 3 aromatic rings. The summed E-state index contributed by atoms with van der Waals surface area (Å²) >= 11 is 0. The van der Waals surface area contributed by atoms with Gasteiger partial charge >= 0.3 is 0 Å². The molecule has 1 saturated heterocycles. The van der Waals surface area contributed by atoms with Crippen LogP contribution in [0.3, 0.4) is 0 Å². The first-order chi connectivity index (χ1) is 15.1. The van der Waals surface area contributed by atoms with Crippen LogP contribution in [0.25, 0.3) is 22.3 Å². The van der Waals surface area contributed by atoms with Gasteiger partial charge in [0.2, 0.25) is 12.0 Å². The Morgan fingerprint density at radius 3 is 2.28 bits per heavy atom. The monoisotopic (exact) mass is 448 g/mol. The van der Waals surface area contributed by atoms with Gasteiger partial charge in [0, 0.05) is 17.7 Å². The highest BCUT2D eigenvalue weighted by molar-refractivity contribution is 5.89. The Morgan fingerprint density at radius 1 is 0.875 bits per heavy atom. The Labute approximate surface area is 179 Å². The van der Waals surface area contributed by atoms with Crippen LogP contribution in [0, 0.1) is 0 Å². The van der Waals surface area contributed by atoms with Crippen LogP contribution in [0.5, 0.6) is 28.7 Å². The maximum atomic E-state index is 12.6. The summed E-state index contributed by atoms with van der Waals surface area (Å²) in [6.45, 7) is 1.44.